The quantitative estimate of drug-likeness (QED) is 0.641. The predicted molar refractivity (Wildman–Crippen MR) is 79.1 cm³/mol. The molecule has 0 amide bonds. The second-order valence-electron chi connectivity index (χ2n) is 6.18. The van der Waals surface area contributed by atoms with E-state index in [1.165, 1.54) is 44.9 Å². The highest BCUT2D eigenvalue weighted by molar-refractivity contribution is 5.00. The molecule has 2 aliphatic rings. The molecule has 2 rings (SSSR count). The van der Waals surface area contributed by atoms with Crippen molar-refractivity contribution in [2.24, 2.45) is 5.92 Å². The van der Waals surface area contributed by atoms with Gasteiger partial charge in [-0.15, -0.1) is 0 Å². The van der Waals surface area contributed by atoms with Crippen molar-refractivity contribution in [3.05, 3.63) is 12.8 Å². The predicted octanol–water partition coefficient (Wildman–Crippen LogP) is 4.83. The van der Waals surface area contributed by atoms with Crippen molar-refractivity contribution in [1.82, 2.24) is 0 Å². The molecule has 2 fully saturated rings. The van der Waals surface area contributed by atoms with Gasteiger partial charge in [0, 0.05) is 12.5 Å². The Bertz CT molecular complexity index is 270. The van der Waals surface area contributed by atoms with Crippen LogP contribution in [-0.4, -0.2) is 18.3 Å². The van der Waals surface area contributed by atoms with Crippen molar-refractivity contribution < 1.29 is 9.47 Å². The van der Waals surface area contributed by atoms with E-state index in [0.717, 1.165) is 25.9 Å². The van der Waals surface area contributed by atoms with Gasteiger partial charge in [0.15, 0.2) is 0 Å². The zero-order valence-corrected chi connectivity index (χ0v) is 12.5. The Morgan fingerprint density at radius 3 is 2.53 bits per heavy atom. The molecule has 2 aliphatic carbocycles. The molecule has 0 heterocycles. The van der Waals surface area contributed by atoms with Crippen LogP contribution in [0.4, 0.5) is 0 Å². The summed E-state index contributed by atoms with van der Waals surface area (Å²) in [7, 11) is 0. The Labute approximate surface area is 118 Å². The molecule has 0 radical (unpaired) electrons. The highest BCUT2D eigenvalue weighted by atomic mass is 16.5. The summed E-state index contributed by atoms with van der Waals surface area (Å²) in [5.41, 5.74) is -0.0738. The molecule has 0 saturated heterocycles. The van der Waals surface area contributed by atoms with Crippen molar-refractivity contribution in [3.8, 4) is 0 Å². The smallest absolute Gasteiger partial charge is 0.137 e. The fraction of sp³-hybridized carbons (Fsp3) is 0.882. The van der Waals surface area contributed by atoms with Gasteiger partial charge < -0.3 is 9.47 Å². The molecule has 0 aromatic carbocycles. The summed E-state index contributed by atoms with van der Waals surface area (Å²) < 4.78 is 12.3. The largest absolute Gasteiger partial charge is 0.493 e. The van der Waals surface area contributed by atoms with Crippen LogP contribution in [0.2, 0.25) is 0 Å². The first-order chi connectivity index (χ1) is 9.33. The molecule has 0 aliphatic heterocycles. The first-order valence-corrected chi connectivity index (χ1v) is 8.24. The minimum Gasteiger partial charge on any atom is -0.493 e. The van der Waals surface area contributed by atoms with Crippen LogP contribution in [0, 0.1) is 5.92 Å². The van der Waals surface area contributed by atoms with Gasteiger partial charge in [-0.3, -0.25) is 0 Å². The summed E-state index contributed by atoms with van der Waals surface area (Å²) in [6.07, 6.45) is 14.6. The van der Waals surface area contributed by atoms with Crippen LogP contribution in [0.1, 0.15) is 71.1 Å². The maximum Gasteiger partial charge on any atom is 0.137 e. The van der Waals surface area contributed by atoms with Crippen LogP contribution in [0.5, 0.6) is 0 Å². The lowest BCUT2D eigenvalue weighted by atomic mass is 9.68. The topological polar surface area (TPSA) is 18.5 Å². The maximum atomic E-state index is 6.18. The molecule has 2 heteroatoms. The fourth-order valence-corrected chi connectivity index (χ4v) is 4.07. The third-order valence-corrected chi connectivity index (χ3v) is 4.95. The third kappa shape index (κ3) is 3.34. The first kappa shape index (κ1) is 14.9. The summed E-state index contributed by atoms with van der Waals surface area (Å²) in [4.78, 5) is 0. The van der Waals surface area contributed by atoms with E-state index in [4.69, 9.17) is 9.47 Å². The molecule has 0 bridgehead atoms. The summed E-state index contributed by atoms with van der Waals surface area (Å²) in [5.74, 6) is 0.668. The summed E-state index contributed by atoms with van der Waals surface area (Å²) in [6, 6.07) is 0. The Balaban J connectivity index is 2.14. The van der Waals surface area contributed by atoms with Crippen LogP contribution >= 0.6 is 0 Å². The zero-order valence-electron chi connectivity index (χ0n) is 12.5. The molecule has 0 aromatic heterocycles. The second-order valence-corrected chi connectivity index (χ2v) is 6.18. The van der Waals surface area contributed by atoms with Crippen LogP contribution in [0.15, 0.2) is 12.8 Å². The third-order valence-electron chi connectivity index (χ3n) is 4.95. The summed E-state index contributed by atoms with van der Waals surface area (Å²) in [5, 5.41) is 0. The lowest BCUT2D eigenvalue weighted by molar-refractivity contribution is -0.170. The molecular weight excluding hydrogens is 236 g/mol. The summed E-state index contributed by atoms with van der Waals surface area (Å²) >= 11 is 0. The zero-order chi connectivity index (χ0) is 13.6. The van der Waals surface area contributed by atoms with Crippen LogP contribution < -0.4 is 0 Å². The van der Waals surface area contributed by atoms with Gasteiger partial charge in [0.25, 0.3) is 0 Å². The minimum absolute atomic E-state index is 0.0738. The molecule has 2 atom stereocenters. The first-order valence-electron chi connectivity index (χ1n) is 8.24. The lowest BCUT2D eigenvalue weighted by Gasteiger charge is -2.49. The Hall–Kier alpha value is -0.500. The Morgan fingerprint density at radius 1 is 1.11 bits per heavy atom. The maximum absolute atomic E-state index is 6.18. The minimum atomic E-state index is -0.0738. The standard InChI is InChI=1S/C17H30O2/c1-3-14-18-16-12-8-9-13-17(16,19-4-2)15-10-6-5-7-11-15/h4,15-16H,2-3,5-14H2,1H3. The van der Waals surface area contributed by atoms with E-state index in [-0.39, 0.29) is 11.7 Å². The van der Waals surface area contributed by atoms with Gasteiger partial charge in [-0.2, -0.15) is 0 Å². The monoisotopic (exact) mass is 266 g/mol. The number of rotatable bonds is 6. The van der Waals surface area contributed by atoms with Crippen molar-refractivity contribution in [1.29, 1.82) is 0 Å². The Kier molecular flexibility index (Phi) is 5.75. The molecule has 2 saturated carbocycles. The molecule has 2 unspecified atom stereocenters. The van der Waals surface area contributed by atoms with Gasteiger partial charge in [-0.1, -0.05) is 39.2 Å². The average molecular weight is 266 g/mol. The van der Waals surface area contributed by atoms with Crippen molar-refractivity contribution in [3.63, 3.8) is 0 Å². The number of hydrogen-bond donors (Lipinski definition) is 0. The van der Waals surface area contributed by atoms with Gasteiger partial charge in [0.2, 0.25) is 0 Å². The highest BCUT2D eigenvalue weighted by Crippen LogP contribution is 2.45. The van der Waals surface area contributed by atoms with E-state index in [2.05, 4.69) is 13.5 Å². The SMILES string of the molecule is C=COC1(C2CCCCC2)CCCCC1OCCC. The van der Waals surface area contributed by atoms with Crippen molar-refractivity contribution >= 4 is 0 Å². The highest BCUT2D eigenvalue weighted by Gasteiger charge is 2.49. The van der Waals surface area contributed by atoms with E-state index in [1.807, 2.05) is 0 Å². The molecule has 0 N–H and O–H groups in total. The van der Waals surface area contributed by atoms with Crippen molar-refractivity contribution in [2.75, 3.05) is 6.61 Å². The second kappa shape index (κ2) is 7.33. The van der Waals surface area contributed by atoms with Gasteiger partial charge >= 0.3 is 0 Å². The molecule has 0 aromatic rings. The molecule has 2 nitrogen and oxygen atoms in total. The van der Waals surface area contributed by atoms with Crippen LogP contribution in [0.25, 0.3) is 0 Å². The van der Waals surface area contributed by atoms with E-state index in [1.54, 1.807) is 6.26 Å². The average Bonchev–Trinajstić information content (AvgIpc) is 2.47. The van der Waals surface area contributed by atoms with Crippen molar-refractivity contribution in [2.45, 2.75) is 82.8 Å². The van der Waals surface area contributed by atoms with E-state index < -0.39 is 0 Å². The molecule has 19 heavy (non-hydrogen) atoms. The summed E-state index contributed by atoms with van der Waals surface area (Å²) in [6.45, 7) is 6.87. The number of hydrogen-bond acceptors (Lipinski definition) is 2. The van der Waals surface area contributed by atoms with E-state index in [9.17, 15) is 0 Å². The van der Waals surface area contributed by atoms with Gasteiger partial charge in [0.1, 0.15) is 5.60 Å². The molecule has 0 spiro atoms. The van der Waals surface area contributed by atoms with Gasteiger partial charge in [0.05, 0.1) is 12.4 Å². The van der Waals surface area contributed by atoms with Crippen LogP contribution in [-0.2, 0) is 9.47 Å². The number of ether oxygens (including phenoxy) is 2. The lowest BCUT2D eigenvalue weighted by Crippen LogP contribution is -2.53. The molecular formula is C17H30O2. The fourth-order valence-electron chi connectivity index (χ4n) is 4.07. The van der Waals surface area contributed by atoms with E-state index >= 15 is 0 Å². The van der Waals surface area contributed by atoms with Gasteiger partial charge in [-0.05, 0) is 38.5 Å². The van der Waals surface area contributed by atoms with E-state index in [0.29, 0.717) is 5.92 Å². The molecule has 110 valence electrons. The van der Waals surface area contributed by atoms with Crippen LogP contribution in [0.3, 0.4) is 0 Å². The Morgan fingerprint density at radius 2 is 1.84 bits per heavy atom. The normalized spacial score (nSPS) is 33.0. The van der Waals surface area contributed by atoms with Gasteiger partial charge in [-0.25, -0.2) is 0 Å².